The molecule has 2 N–H and O–H groups in total. The van der Waals surface area contributed by atoms with Crippen LogP contribution in [0.5, 0.6) is 0 Å². The highest BCUT2D eigenvalue weighted by atomic mass is 19.1. The Kier molecular flexibility index (Phi) is 3.69. The van der Waals surface area contributed by atoms with Crippen LogP contribution < -0.4 is 5.73 Å². The van der Waals surface area contributed by atoms with Gasteiger partial charge in [-0.05, 0) is 57.0 Å². The van der Waals surface area contributed by atoms with Gasteiger partial charge in [-0.2, -0.15) is 0 Å². The Hall–Kier alpha value is -1.00. The first-order valence-corrected chi connectivity index (χ1v) is 6.31. The lowest BCUT2D eigenvalue weighted by Gasteiger charge is -2.23. The quantitative estimate of drug-likeness (QED) is 0.878. The van der Waals surface area contributed by atoms with Gasteiger partial charge in [0.15, 0.2) is 0 Å². The van der Waals surface area contributed by atoms with E-state index in [1.807, 2.05) is 7.05 Å². The zero-order chi connectivity index (χ0) is 13.4. The molecule has 18 heavy (non-hydrogen) atoms. The molecule has 1 aliphatic rings. The van der Waals surface area contributed by atoms with Gasteiger partial charge in [-0.15, -0.1) is 0 Å². The van der Waals surface area contributed by atoms with Gasteiger partial charge in [-0.1, -0.05) is 0 Å². The standard InChI is InChI=1S/C14H20F2N2/c1-8-4-11(15)9(2)13(14(8)16)12-5-10(6-17)7-18(12)3/h4,10,12H,5-7,17H2,1-3H3. The monoisotopic (exact) mass is 254 g/mol. The maximum Gasteiger partial charge on any atom is 0.131 e. The minimum absolute atomic E-state index is 0.0621. The van der Waals surface area contributed by atoms with Crippen LogP contribution in [0.15, 0.2) is 6.07 Å². The van der Waals surface area contributed by atoms with Crippen LogP contribution in [0.1, 0.15) is 29.2 Å². The number of hydrogen-bond donors (Lipinski definition) is 1. The largest absolute Gasteiger partial charge is 0.330 e. The van der Waals surface area contributed by atoms with E-state index in [0.717, 1.165) is 13.0 Å². The summed E-state index contributed by atoms with van der Waals surface area (Å²) in [5, 5.41) is 0. The summed E-state index contributed by atoms with van der Waals surface area (Å²) in [5.74, 6) is -0.237. The predicted molar refractivity (Wildman–Crippen MR) is 68.4 cm³/mol. The Morgan fingerprint density at radius 1 is 1.39 bits per heavy atom. The third-order valence-electron chi connectivity index (χ3n) is 3.99. The number of halogens is 2. The van der Waals surface area contributed by atoms with Gasteiger partial charge in [0.1, 0.15) is 11.6 Å². The average molecular weight is 254 g/mol. The van der Waals surface area contributed by atoms with E-state index in [1.165, 1.54) is 6.07 Å². The van der Waals surface area contributed by atoms with Crippen LogP contribution in [0.4, 0.5) is 8.78 Å². The molecule has 0 bridgehead atoms. The molecule has 100 valence electrons. The summed E-state index contributed by atoms with van der Waals surface area (Å²) in [6, 6.07) is 1.21. The summed E-state index contributed by atoms with van der Waals surface area (Å²) < 4.78 is 28.0. The second kappa shape index (κ2) is 4.94. The lowest BCUT2D eigenvalue weighted by molar-refractivity contribution is 0.304. The lowest BCUT2D eigenvalue weighted by Crippen LogP contribution is -2.22. The van der Waals surface area contributed by atoms with Crippen molar-refractivity contribution in [3.05, 3.63) is 34.4 Å². The number of benzene rings is 1. The van der Waals surface area contributed by atoms with E-state index in [9.17, 15) is 8.78 Å². The van der Waals surface area contributed by atoms with Gasteiger partial charge in [0.05, 0.1) is 0 Å². The van der Waals surface area contributed by atoms with Gasteiger partial charge in [0.2, 0.25) is 0 Å². The summed E-state index contributed by atoms with van der Waals surface area (Å²) in [6.07, 6.45) is 0.799. The second-order valence-electron chi connectivity index (χ2n) is 5.32. The molecule has 1 fully saturated rings. The van der Waals surface area contributed by atoms with Crippen molar-refractivity contribution in [2.24, 2.45) is 11.7 Å². The van der Waals surface area contributed by atoms with Crippen molar-refractivity contribution in [3.8, 4) is 0 Å². The van der Waals surface area contributed by atoms with Gasteiger partial charge in [0.25, 0.3) is 0 Å². The van der Waals surface area contributed by atoms with Crippen LogP contribution in [0, 0.1) is 31.4 Å². The molecule has 1 saturated heterocycles. The molecule has 1 aromatic carbocycles. The Morgan fingerprint density at radius 3 is 2.61 bits per heavy atom. The molecule has 2 rings (SSSR count). The highest BCUT2D eigenvalue weighted by Crippen LogP contribution is 2.38. The molecule has 0 saturated carbocycles. The molecular weight excluding hydrogens is 234 g/mol. The summed E-state index contributed by atoms with van der Waals surface area (Å²) in [7, 11) is 1.94. The molecule has 0 radical (unpaired) electrons. The van der Waals surface area contributed by atoms with Crippen molar-refractivity contribution < 1.29 is 8.78 Å². The number of hydrogen-bond acceptors (Lipinski definition) is 2. The van der Waals surface area contributed by atoms with Crippen molar-refractivity contribution in [1.29, 1.82) is 0 Å². The lowest BCUT2D eigenvalue weighted by atomic mass is 9.93. The Morgan fingerprint density at radius 2 is 2.06 bits per heavy atom. The number of likely N-dealkylation sites (tertiary alicyclic amines) is 1. The highest BCUT2D eigenvalue weighted by molar-refractivity contribution is 5.36. The fourth-order valence-corrected chi connectivity index (χ4v) is 2.88. The summed E-state index contributed by atoms with van der Waals surface area (Å²) >= 11 is 0. The molecule has 0 spiro atoms. The smallest absolute Gasteiger partial charge is 0.131 e. The molecule has 1 aliphatic heterocycles. The van der Waals surface area contributed by atoms with Gasteiger partial charge in [-0.3, -0.25) is 4.90 Å². The Labute approximate surface area is 107 Å². The van der Waals surface area contributed by atoms with E-state index in [-0.39, 0.29) is 17.7 Å². The fourth-order valence-electron chi connectivity index (χ4n) is 2.88. The van der Waals surface area contributed by atoms with Crippen LogP contribution in [0.2, 0.25) is 0 Å². The molecule has 0 aromatic heterocycles. The molecule has 0 amide bonds. The highest BCUT2D eigenvalue weighted by Gasteiger charge is 2.33. The first-order valence-electron chi connectivity index (χ1n) is 6.31. The Balaban J connectivity index is 2.45. The molecular formula is C14H20F2N2. The number of nitrogens with two attached hydrogens (primary N) is 1. The molecule has 2 atom stereocenters. The average Bonchev–Trinajstić information content (AvgIpc) is 2.69. The minimum Gasteiger partial charge on any atom is -0.330 e. The molecule has 0 aliphatic carbocycles. The van der Waals surface area contributed by atoms with E-state index in [4.69, 9.17) is 5.73 Å². The predicted octanol–water partition coefficient (Wildman–Crippen LogP) is 2.53. The van der Waals surface area contributed by atoms with Crippen molar-refractivity contribution in [2.45, 2.75) is 26.3 Å². The van der Waals surface area contributed by atoms with Crippen molar-refractivity contribution >= 4 is 0 Å². The number of nitrogens with zero attached hydrogens (tertiary/aromatic N) is 1. The van der Waals surface area contributed by atoms with Gasteiger partial charge >= 0.3 is 0 Å². The van der Waals surface area contributed by atoms with Crippen molar-refractivity contribution in [1.82, 2.24) is 4.90 Å². The second-order valence-corrected chi connectivity index (χ2v) is 5.32. The third-order valence-corrected chi connectivity index (χ3v) is 3.99. The number of rotatable bonds is 2. The van der Waals surface area contributed by atoms with Crippen LogP contribution in [0.25, 0.3) is 0 Å². The summed E-state index contributed by atoms with van der Waals surface area (Å²) in [5.41, 5.74) is 6.98. The van der Waals surface area contributed by atoms with E-state index in [2.05, 4.69) is 4.90 Å². The van der Waals surface area contributed by atoms with E-state index in [1.54, 1.807) is 13.8 Å². The molecule has 2 unspecified atom stereocenters. The first kappa shape index (κ1) is 13.4. The molecule has 1 aromatic rings. The van der Waals surface area contributed by atoms with E-state index < -0.39 is 0 Å². The topological polar surface area (TPSA) is 29.3 Å². The summed E-state index contributed by atoms with van der Waals surface area (Å²) in [6.45, 7) is 4.69. The molecule has 1 heterocycles. The van der Waals surface area contributed by atoms with E-state index in [0.29, 0.717) is 29.2 Å². The zero-order valence-electron chi connectivity index (χ0n) is 11.1. The summed E-state index contributed by atoms with van der Waals surface area (Å²) in [4.78, 5) is 2.07. The van der Waals surface area contributed by atoms with Crippen LogP contribution >= 0.6 is 0 Å². The third kappa shape index (κ3) is 2.15. The molecule has 4 heteroatoms. The van der Waals surface area contributed by atoms with Crippen molar-refractivity contribution in [3.63, 3.8) is 0 Å². The van der Waals surface area contributed by atoms with Crippen LogP contribution in [-0.4, -0.2) is 25.0 Å². The van der Waals surface area contributed by atoms with Crippen LogP contribution in [0.3, 0.4) is 0 Å². The van der Waals surface area contributed by atoms with Gasteiger partial charge < -0.3 is 5.73 Å². The zero-order valence-corrected chi connectivity index (χ0v) is 11.1. The maximum absolute atomic E-state index is 14.3. The Bertz CT molecular complexity index is 433. The maximum atomic E-state index is 14.3. The first-order chi connectivity index (χ1) is 8.45. The van der Waals surface area contributed by atoms with Gasteiger partial charge in [0, 0.05) is 18.2 Å². The minimum atomic E-state index is -0.325. The fraction of sp³-hybridized carbons (Fsp3) is 0.571. The normalized spacial score (nSPS) is 24.8. The van der Waals surface area contributed by atoms with E-state index >= 15 is 0 Å². The van der Waals surface area contributed by atoms with Crippen molar-refractivity contribution in [2.75, 3.05) is 20.1 Å². The molecule has 2 nitrogen and oxygen atoms in total. The van der Waals surface area contributed by atoms with Gasteiger partial charge in [-0.25, -0.2) is 8.78 Å². The number of aryl methyl sites for hydroxylation is 1. The van der Waals surface area contributed by atoms with Crippen LogP contribution in [-0.2, 0) is 0 Å². The SMILES string of the molecule is Cc1cc(F)c(C)c(C2CC(CN)CN2C)c1F.